The second kappa shape index (κ2) is 5.82. The average molecular weight is 245 g/mol. The summed E-state index contributed by atoms with van der Waals surface area (Å²) in [5.74, 6) is 0.292. The fraction of sp³-hybridized carbons (Fsp3) is 0.0714. The fourth-order valence-corrected chi connectivity index (χ4v) is 1.57. The Hall–Kier alpha value is -2.36. The first-order valence-electron chi connectivity index (χ1n) is 5.43. The molecule has 1 N–H and O–H groups in total. The largest absolute Gasteiger partial charge is 0.488 e. The van der Waals surface area contributed by atoms with Crippen LogP contribution >= 0.6 is 0 Å². The molecule has 0 atom stereocenters. The van der Waals surface area contributed by atoms with E-state index in [1.165, 1.54) is 18.3 Å². The van der Waals surface area contributed by atoms with Crippen LogP contribution in [0.1, 0.15) is 11.1 Å². The Morgan fingerprint density at radius 2 is 2.00 bits per heavy atom. The molecule has 0 aliphatic carbocycles. The molecule has 0 radical (unpaired) electrons. The maximum Gasteiger partial charge on any atom is 0.128 e. The quantitative estimate of drug-likeness (QED) is 0.510. The van der Waals surface area contributed by atoms with Gasteiger partial charge in [-0.1, -0.05) is 29.4 Å². The van der Waals surface area contributed by atoms with Crippen molar-refractivity contribution in [1.29, 1.82) is 0 Å². The molecule has 2 rings (SSSR count). The van der Waals surface area contributed by atoms with Crippen molar-refractivity contribution in [2.24, 2.45) is 5.16 Å². The average Bonchev–Trinajstić information content (AvgIpc) is 2.38. The predicted molar refractivity (Wildman–Crippen MR) is 66.6 cm³/mol. The molecule has 0 saturated carbocycles. The van der Waals surface area contributed by atoms with Crippen LogP contribution in [0.3, 0.4) is 0 Å². The molecule has 0 bridgehead atoms. The summed E-state index contributed by atoms with van der Waals surface area (Å²) in [7, 11) is 0. The molecule has 4 heteroatoms. The van der Waals surface area contributed by atoms with Gasteiger partial charge in [-0.2, -0.15) is 0 Å². The fourth-order valence-electron chi connectivity index (χ4n) is 1.57. The van der Waals surface area contributed by atoms with Crippen molar-refractivity contribution in [2.45, 2.75) is 6.61 Å². The van der Waals surface area contributed by atoms with Crippen molar-refractivity contribution < 1.29 is 14.3 Å². The van der Waals surface area contributed by atoms with Gasteiger partial charge in [-0.15, -0.1) is 0 Å². The minimum absolute atomic E-state index is 0.258. The lowest BCUT2D eigenvalue weighted by molar-refractivity contribution is 0.303. The second-order valence-corrected chi connectivity index (χ2v) is 3.70. The highest BCUT2D eigenvalue weighted by atomic mass is 19.1. The Bertz CT molecular complexity index is 555. The molecule has 0 amide bonds. The van der Waals surface area contributed by atoms with Crippen LogP contribution in [0.15, 0.2) is 53.7 Å². The van der Waals surface area contributed by atoms with E-state index in [2.05, 4.69) is 5.16 Å². The summed E-state index contributed by atoms with van der Waals surface area (Å²) in [6.07, 6.45) is 1.29. The molecule has 2 aromatic carbocycles. The van der Waals surface area contributed by atoms with E-state index in [1.54, 1.807) is 24.3 Å². The molecule has 18 heavy (non-hydrogen) atoms. The van der Waals surface area contributed by atoms with Gasteiger partial charge in [0, 0.05) is 5.56 Å². The summed E-state index contributed by atoms with van der Waals surface area (Å²) in [5.41, 5.74) is 1.40. The van der Waals surface area contributed by atoms with Crippen LogP contribution in [-0.4, -0.2) is 11.4 Å². The molecule has 0 aliphatic rings. The Kier molecular flexibility index (Phi) is 3.91. The molecule has 0 spiro atoms. The van der Waals surface area contributed by atoms with Crippen LogP contribution in [-0.2, 0) is 6.61 Å². The van der Waals surface area contributed by atoms with Gasteiger partial charge in [-0.3, -0.25) is 0 Å². The first-order valence-corrected chi connectivity index (χ1v) is 5.43. The van der Waals surface area contributed by atoms with Crippen LogP contribution in [0.2, 0.25) is 0 Å². The summed E-state index contributed by atoms with van der Waals surface area (Å²) >= 11 is 0. The normalized spacial score (nSPS) is 10.7. The monoisotopic (exact) mass is 245 g/mol. The molecule has 2 aromatic rings. The summed E-state index contributed by atoms with van der Waals surface area (Å²) in [6, 6.07) is 13.4. The van der Waals surface area contributed by atoms with Crippen LogP contribution in [0, 0.1) is 5.82 Å². The van der Waals surface area contributed by atoms with Gasteiger partial charge < -0.3 is 9.94 Å². The van der Waals surface area contributed by atoms with Crippen LogP contribution < -0.4 is 4.74 Å². The van der Waals surface area contributed by atoms with Gasteiger partial charge in [0.15, 0.2) is 0 Å². The van der Waals surface area contributed by atoms with Gasteiger partial charge in [-0.05, 0) is 29.8 Å². The van der Waals surface area contributed by atoms with Gasteiger partial charge in [-0.25, -0.2) is 4.39 Å². The first-order chi connectivity index (χ1) is 8.79. The number of oxime groups is 1. The van der Waals surface area contributed by atoms with E-state index in [-0.39, 0.29) is 12.4 Å². The summed E-state index contributed by atoms with van der Waals surface area (Å²) < 4.78 is 18.5. The number of halogens is 1. The molecule has 92 valence electrons. The lowest BCUT2D eigenvalue weighted by atomic mass is 10.2. The molecule has 0 aliphatic heterocycles. The topological polar surface area (TPSA) is 41.8 Å². The van der Waals surface area contributed by atoms with E-state index in [1.807, 2.05) is 12.1 Å². The van der Waals surface area contributed by atoms with E-state index in [0.29, 0.717) is 11.3 Å². The van der Waals surface area contributed by atoms with Gasteiger partial charge >= 0.3 is 0 Å². The van der Waals surface area contributed by atoms with Gasteiger partial charge in [0.1, 0.15) is 18.2 Å². The summed E-state index contributed by atoms with van der Waals surface area (Å²) in [6.45, 7) is 0.258. The number of rotatable bonds is 4. The molecule has 0 unspecified atom stereocenters. The highest BCUT2D eigenvalue weighted by Crippen LogP contribution is 2.17. The van der Waals surface area contributed by atoms with Crippen molar-refractivity contribution >= 4 is 6.21 Å². The summed E-state index contributed by atoms with van der Waals surface area (Å²) in [4.78, 5) is 0. The van der Waals surface area contributed by atoms with Crippen molar-refractivity contribution in [3.63, 3.8) is 0 Å². The lowest BCUT2D eigenvalue weighted by Gasteiger charge is -2.08. The second-order valence-electron chi connectivity index (χ2n) is 3.70. The first kappa shape index (κ1) is 12.1. The number of ether oxygens (including phenoxy) is 1. The molecular formula is C14H12FNO2. The zero-order chi connectivity index (χ0) is 12.8. The van der Waals surface area contributed by atoms with E-state index in [4.69, 9.17) is 9.94 Å². The molecule has 0 aromatic heterocycles. The Labute approximate surface area is 104 Å². The minimum atomic E-state index is -0.290. The number of hydrogen-bond donors (Lipinski definition) is 1. The van der Waals surface area contributed by atoms with Crippen LogP contribution in [0.4, 0.5) is 4.39 Å². The van der Waals surface area contributed by atoms with Crippen LogP contribution in [0.5, 0.6) is 5.75 Å². The molecular weight excluding hydrogens is 233 g/mol. The molecule has 0 fully saturated rings. The third-order valence-electron chi connectivity index (χ3n) is 2.40. The predicted octanol–water partition coefficient (Wildman–Crippen LogP) is 3.21. The van der Waals surface area contributed by atoms with Crippen LogP contribution in [0.25, 0.3) is 0 Å². The molecule has 3 nitrogen and oxygen atoms in total. The lowest BCUT2D eigenvalue weighted by Crippen LogP contribution is -1.98. The Morgan fingerprint density at radius 3 is 2.78 bits per heavy atom. The van der Waals surface area contributed by atoms with Gasteiger partial charge in [0.05, 0.1) is 6.21 Å². The van der Waals surface area contributed by atoms with E-state index in [9.17, 15) is 4.39 Å². The maximum atomic E-state index is 13.0. The van der Waals surface area contributed by atoms with Crippen molar-refractivity contribution in [2.75, 3.05) is 0 Å². The molecule has 0 saturated heterocycles. The minimum Gasteiger partial charge on any atom is -0.488 e. The van der Waals surface area contributed by atoms with E-state index < -0.39 is 0 Å². The van der Waals surface area contributed by atoms with Gasteiger partial charge in [0.25, 0.3) is 0 Å². The summed E-state index contributed by atoms with van der Waals surface area (Å²) in [5, 5.41) is 11.5. The van der Waals surface area contributed by atoms with Gasteiger partial charge in [0.2, 0.25) is 0 Å². The van der Waals surface area contributed by atoms with E-state index >= 15 is 0 Å². The number of para-hydroxylation sites is 1. The Balaban J connectivity index is 2.10. The Morgan fingerprint density at radius 1 is 1.17 bits per heavy atom. The SMILES string of the molecule is O/N=C\c1ccccc1OCc1cccc(F)c1. The number of benzene rings is 2. The highest BCUT2D eigenvalue weighted by Gasteiger charge is 2.02. The highest BCUT2D eigenvalue weighted by molar-refractivity contribution is 5.82. The van der Waals surface area contributed by atoms with E-state index in [0.717, 1.165) is 5.56 Å². The third-order valence-corrected chi connectivity index (χ3v) is 2.40. The van der Waals surface area contributed by atoms with Crippen molar-refractivity contribution in [3.05, 3.63) is 65.5 Å². The number of nitrogens with zero attached hydrogens (tertiary/aromatic N) is 1. The zero-order valence-corrected chi connectivity index (χ0v) is 9.58. The molecule has 0 heterocycles. The third kappa shape index (κ3) is 3.07. The smallest absolute Gasteiger partial charge is 0.128 e. The van der Waals surface area contributed by atoms with Crippen molar-refractivity contribution in [3.8, 4) is 5.75 Å². The number of hydrogen-bond acceptors (Lipinski definition) is 3. The standard InChI is InChI=1S/C14H12FNO2/c15-13-6-3-4-11(8-13)10-18-14-7-2-1-5-12(14)9-16-17/h1-9,17H,10H2/b16-9-. The zero-order valence-electron chi connectivity index (χ0n) is 9.58. The maximum absolute atomic E-state index is 13.0. The van der Waals surface area contributed by atoms with Crippen molar-refractivity contribution in [1.82, 2.24) is 0 Å².